The smallest absolute Gasteiger partial charge is 0.208 e. The van der Waals surface area contributed by atoms with Crippen LogP contribution in [0.1, 0.15) is 0 Å². The molecule has 9 nitrogen and oxygen atoms in total. The number of anilines is 1. The van der Waals surface area contributed by atoms with Crippen LogP contribution in [0.4, 0.5) is 5.82 Å². The zero-order chi connectivity index (χ0) is 18.7. The van der Waals surface area contributed by atoms with E-state index in [0.717, 1.165) is 25.2 Å². The SMILES string of the molecule is CS(=O)(=O)NC[C@H]1O[C@@H](CO)[C@@H](O)[C@H]1N1CCN(c2ccccn2)CC1.Cl.Cl. The van der Waals surface area contributed by atoms with E-state index in [1.807, 2.05) is 18.2 Å². The fraction of sp³-hybridized carbons (Fsp3) is 0.688. The summed E-state index contributed by atoms with van der Waals surface area (Å²) in [6, 6.07) is 5.42. The zero-order valence-corrected chi connectivity index (χ0v) is 18.0. The number of rotatable bonds is 6. The van der Waals surface area contributed by atoms with Crippen molar-refractivity contribution < 1.29 is 23.4 Å². The first-order valence-corrected chi connectivity index (χ1v) is 10.6. The molecule has 3 N–H and O–H groups in total. The van der Waals surface area contributed by atoms with E-state index in [1.54, 1.807) is 6.20 Å². The van der Waals surface area contributed by atoms with Crippen LogP contribution >= 0.6 is 24.8 Å². The Morgan fingerprint density at radius 3 is 2.43 bits per heavy atom. The van der Waals surface area contributed by atoms with Gasteiger partial charge in [-0.1, -0.05) is 6.07 Å². The van der Waals surface area contributed by atoms with Gasteiger partial charge in [-0.25, -0.2) is 18.1 Å². The molecule has 0 radical (unpaired) electrons. The molecule has 2 saturated heterocycles. The minimum Gasteiger partial charge on any atom is -0.394 e. The van der Waals surface area contributed by atoms with E-state index < -0.39 is 28.3 Å². The molecule has 3 rings (SSSR count). The Hall–Kier alpha value is -0.720. The molecule has 2 aliphatic heterocycles. The van der Waals surface area contributed by atoms with E-state index in [2.05, 4.69) is 19.5 Å². The van der Waals surface area contributed by atoms with Crippen molar-refractivity contribution in [2.24, 2.45) is 0 Å². The Kier molecular flexibility index (Phi) is 9.84. The number of nitrogens with zero attached hydrogens (tertiary/aromatic N) is 3. The van der Waals surface area contributed by atoms with Crippen LogP contribution in [0.25, 0.3) is 0 Å². The molecule has 0 saturated carbocycles. The summed E-state index contributed by atoms with van der Waals surface area (Å²) in [5, 5.41) is 20.0. The lowest BCUT2D eigenvalue weighted by atomic mass is 10.0. The molecule has 2 aliphatic rings. The maximum Gasteiger partial charge on any atom is 0.208 e. The topological polar surface area (TPSA) is 115 Å². The molecule has 0 aliphatic carbocycles. The quantitative estimate of drug-likeness (QED) is 0.501. The molecule has 4 atom stereocenters. The van der Waals surface area contributed by atoms with E-state index >= 15 is 0 Å². The standard InChI is InChI=1S/C16H26N4O5S.2ClH/c1-26(23,24)18-10-12-15(16(22)13(11-21)25-12)20-8-6-19(7-9-20)14-4-2-3-5-17-14;;/h2-5,12-13,15-16,18,21-22H,6-11H2,1H3;2*1H/t12-,13+,15+,16-;;/m1../s1. The highest BCUT2D eigenvalue weighted by atomic mass is 35.5. The molecule has 2 fully saturated rings. The predicted molar refractivity (Wildman–Crippen MR) is 111 cm³/mol. The Bertz CT molecular complexity index is 692. The Morgan fingerprint density at radius 1 is 1.21 bits per heavy atom. The lowest BCUT2D eigenvalue weighted by Crippen LogP contribution is -2.57. The summed E-state index contributed by atoms with van der Waals surface area (Å²) in [5.74, 6) is 0.916. The molecule has 0 spiro atoms. The molecular weight excluding hydrogens is 431 g/mol. The first-order valence-electron chi connectivity index (χ1n) is 8.68. The van der Waals surface area contributed by atoms with Gasteiger partial charge in [0.15, 0.2) is 0 Å². The number of nitrogens with one attached hydrogen (secondary N) is 1. The average molecular weight is 459 g/mol. The monoisotopic (exact) mass is 458 g/mol. The molecule has 0 unspecified atom stereocenters. The first-order chi connectivity index (χ1) is 12.4. The van der Waals surface area contributed by atoms with E-state index in [1.165, 1.54) is 0 Å². The van der Waals surface area contributed by atoms with Gasteiger partial charge in [0.05, 0.1) is 25.0 Å². The molecule has 0 amide bonds. The molecule has 28 heavy (non-hydrogen) atoms. The third kappa shape index (κ3) is 6.14. The van der Waals surface area contributed by atoms with Crippen molar-refractivity contribution in [1.82, 2.24) is 14.6 Å². The van der Waals surface area contributed by atoms with Gasteiger partial charge in [-0.2, -0.15) is 0 Å². The summed E-state index contributed by atoms with van der Waals surface area (Å²) in [5.41, 5.74) is 0. The van der Waals surface area contributed by atoms with Gasteiger partial charge in [0.2, 0.25) is 10.0 Å². The normalized spacial score (nSPS) is 28.5. The predicted octanol–water partition coefficient (Wildman–Crippen LogP) is -0.914. The summed E-state index contributed by atoms with van der Waals surface area (Å²) in [6.07, 6.45) is 0.753. The van der Waals surface area contributed by atoms with Crippen molar-refractivity contribution in [1.29, 1.82) is 0 Å². The van der Waals surface area contributed by atoms with Crippen LogP contribution in [-0.2, 0) is 14.8 Å². The van der Waals surface area contributed by atoms with Gasteiger partial charge >= 0.3 is 0 Å². The van der Waals surface area contributed by atoms with Crippen molar-refractivity contribution in [3.8, 4) is 0 Å². The van der Waals surface area contributed by atoms with Crippen LogP contribution in [0.15, 0.2) is 24.4 Å². The van der Waals surface area contributed by atoms with Gasteiger partial charge in [0.1, 0.15) is 18.0 Å². The minimum absolute atomic E-state index is 0. The fourth-order valence-electron chi connectivity index (χ4n) is 3.62. The van der Waals surface area contributed by atoms with Crippen LogP contribution in [0.3, 0.4) is 0 Å². The highest BCUT2D eigenvalue weighted by Crippen LogP contribution is 2.27. The second-order valence-electron chi connectivity index (χ2n) is 6.71. The largest absolute Gasteiger partial charge is 0.394 e. The van der Waals surface area contributed by atoms with Crippen LogP contribution < -0.4 is 9.62 Å². The third-order valence-corrected chi connectivity index (χ3v) is 5.59. The van der Waals surface area contributed by atoms with Gasteiger partial charge in [-0.3, -0.25) is 4.90 Å². The van der Waals surface area contributed by atoms with Crippen LogP contribution in [0, 0.1) is 0 Å². The Labute approximate surface area is 177 Å². The van der Waals surface area contributed by atoms with E-state index in [9.17, 15) is 18.6 Å². The number of piperazine rings is 1. The van der Waals surface area contributed by atoms with E-state index in [-0.39, 0.29) is 44.0 Å². The summed E-state index contributed by atoms with van der Waals surface area (Å²) >= 11 is 0. The molecule has 3 heterocycles. The molecule has 1 aromatic rings. The molecule has 0 aromatic carbocycles. The number of sulfonamides is 1. The van der Waals surface area contributed by atoms with Crippen molar-refractivity contribution in [2.45, 2.75) is 24.4 Å². The number of aromatic nitrogens is 1. The van der Waals surface area contributed by atoms with Crippen LogP contribution in [-0.4, -0.2) is 98.5 Å². The molecule has 12 heteroatoms. The van der Waals surface area contributed by atoms with Gasteiger partial charge in [0, 0.05) is 38.9 Å². The maximum absolute atomic E-state index is 11.4. The van der Waals surface area contributed by atoms with Gasteiger partial charge in [0.25, 0.3) is 0 Å². The third-order valence-electron chi connectivity index (χ3n) is 4.90. The Morgan fingerprint density at radius 2 is 1.89 bits per heavy atom. The average Bonchev–Trinajstić information content (AvgIpc) is 2.96. The van der Waals surface area contributed by atoms with Crippen molar-refractivity contribution in [3.63, 3.8) is 0 Å². The highest BCUT2D eigenvalue weighted by Gasteiger charge is 2.46. The number of hydrogen-bond acceptors (Lipinski definition) is 8. The lowest BCUT2D eigenvalue weighted by molar-refractivity contribution is -0.0201. The second-order valence-corrected chi connectivity index (χ2v) is 8.54. The number of hydrogen-bond donors (Lipinski definition) is 3. The second kappa shape index (κ2) is 10.9. The zero-order valence-electron chi connectivity index (χ0n) is 15.5. The van der Waals surface area contributed by atoms with Gasteiger partial charge < -0.3 is 19.8 Å². The van der Waals surface area contributed by atoms with Crippen LogP contribution in [0.5, 0.6) is 0 Å². The fourth-order valence-corrected chi connectivity index (χ4v) is 4.09. The molecule has 162 valence electrons. The van der Waals surface area contributed by atoms with E-state index in [0.29, 0.717) is 13.1 Å². The molecule has 1 aromatic heterocycles. The van der Waals surface area contributed by atoms with Gasteiger partial charge in [-0.05, 0) is 12.1 Å². The Balaban J connectivity index is 0.00000196. The number of aliphatic hydroxyl groups excluding tert-OH is 2. The van der Waals surface area contributed by atoms with Crippen LogP contribution in [0.2, 0.25) is 0 Å². The number of halogens is 2. The summed E-state index contributed by atoms with van der Waals surface area (Å²) in [6.45, 7) is 2.63. The highest BCUT2D eigenvalue weighted by molar-refractivity contribution is 7.88. The molecule has 0 bridgehead atoms. The summed E-state index contributed by atoms with van der Waals surface area (Å²) < 4.78 is 30.9. The lowest BCUT2D eigenvalue weighted by Gasteiger charge is -2.40. The van der Waals surface area contributed by atoms with Gasteiger partial charge in [-0.15, -0.1) is 24.8 Å². The van der Waals surface area contributed by atoms with Crippen molar-refractivity contribution >= 4 is 40.7 Å². The van der Waals surface area contributed by atoms with Crippen molar-refractivity contribution in [2.75, 3.05) is 50.5 Å². The van der Waals surface area contributed by atoms with E-state index in [4.69, 9.17) is 4.74 Å². The number of ether oxygens (including phenoxy) is 1. The summed E-state index contributed by atoms with van der Waals surface area (Å²) in [7, 11) is -3.36. The number of aliphatic hydroxyl groups is 2. The van der Waals surface area contributed by atoms with Crippen molar-refractivity contribution in [3.05, 3.63) is 24.4 Å². The number of pyridine rings is 1. The minimum atomic E-state index is -3.36. The molecular formula is C16H28Cl2N4O5S. The first kappa shape index (κ1) is 25.3. The maximum atomic E-state index is 11.4. The summed E-state index contributed by atoms with van der Waals surface area (Å²) in [4.78, 5) is 8.64.